The van der Waals surface area contributed by atoms with Crippen molar-refractivity contribution in [3.63, 3.8) is 0 Å². The van der Waals surface area contributed by atoms with Crippen molar-refractivity contribution in [1.29, 1.82) is 0 Å². The Kier molecular flexibility index (Phi) is 5.36. The van der Waals surface area contributed by atoms with Crippen molar-refractivity contribution in [2.75, 3.05) is 26.3 Å². The molecule has 1 N–H and O–H groups in total. The molecule has 4 rings (SSSR count). The van der Waals surface area contributed by atoms with Gasteiger partial charge in [0.15, 0.2) is 0 Å². The van der Waals surface area contributed by atoms with Crippen molar-refractivity contribution in [2.45, 2.75) is 44.6 Å². The van der Waals surface area contributed by atoms with E-state index in [1.807, 2.05) is 0 Å². The fourth-order valence-corrected chi connectivity index (χ4v) is 4.97. The second kappa shape index (κ2) is 7.78. The molecule has 1 spiro atoms. The molecule has 0 bridgehead atoms. The van der Waals surface area contributed by atoms with Crippen LogP contribution in [-0.4, -0.2) is 49.1 Å². The van der Waals surface area contributed by atoms with Crippen LogP contribution in [0.5, 0.6) is 0 Å². The van der Waals surface area contributed by atoms with Gasteiger partial charge in [0.05, 0.1) is 11.5 Å². The normalized spacial score (nSPS) is 24.6. The first-order valence-corrected chi connectivity index (χ1v) is 10.1. The van der Waals surface area contributed by atoms with Gasteiger partial charge in [-0.25, -0.2) is 8.78 Å². The zero-order valence-corrected chi connectivity index (χ0v) is 15.9. The molecule has 2 aliphatic heterocycles. The summed E-state index contributed by atoms with van der Waals surface area (Å²) >= 11 is 0. The first-order valence-electron chi connectivity index (χ1n) is 10.1. The van der Waals surface area contributed by atoms with Gasteiger partial charge in [0.2, 0.25) is 5.91 Å². The lowest BCUT2D eigenvalue weighted by Gasteiger charge is -2.37. The highest BCUT2D eigenvalue weighted by Crippen LogP contribution is 2.45. The third kappa shape index (κ3) is 3.64. The van der Waals surface area contributed by atoms with Gasteiger partial charge in [0, 0.05) is 43.8 Å². The van der Waals surface area contributed by atoms with E-state index in [0.717, 1.165) is 37.8 Å². The summed E-state index contributed by atoms with van der Waals surface area (Å²) in [6.07, 6.45) is 5.65. The van der Waals surface area contributed by atoms with Gasteiger partial charge in [-0.15, -0.1) is 0 Å². The Morgan fingerprint density at radius 3 is 2.54 bits per heavy atom. The van der Waals surface area contributed by atoms with Crippen LogP contribution < -0.4 is 5.32 Å². The average Bonchev–Trinajstić information content (AvgIpc) is 3.30. The van der Waals surface area contributed by atoms with E-state index < -0.39 is 17.5 Å². The number of benzene rings is 1. The molecule has 1 saturated carbocycles. The minimum atomic E-state index is -0.870. The van der Waals surface area contributed by atoms with Crippen LogP contribution in [0, 0.1) is 23.0 Å². The minimum Gasteiger partial charge on any atom is -0.381 e. The number of nitrogens with one attached hydrogen (secondary N) is 1. The Balaban J connectivity index is 1.55. The van der Waals surface area contributed by atoms with E-state index in [1.165, 1.54) is 6.07 Å². The van der Waals surface area contributed by atoms with Gasteiger partial charge in [-0.2, -0.15) is 0 Å². The lowest BCUT2D eigenvalue weighted by atomic mass is 9.71. The zero-order valence-electron chi connectivity index (χ0n) is 15.9. The smallest absolute Gasteiger partial charge is 0.256 e. The third-order valence-corrected chi connectivity index (χ3v) is 6.60. The molecular formula is C21H26F2N2O3. The minimum absolute atomic E-state index is 0.0105. The Morgan fingerprint density at radius 1 is 1.14 bits per heavy atom. The zero-order chi connectivity index (χ0) is 19.7. The van der Waals surface area contributed by atoms with E-state index >= 15 is 0 Å². The maximum atomic E-state index is 14.1. The predicted octanol–water partition coefficient (Wildman–Crippen LogP) is 2.89. The van der Waals surface area contributed by atoms with Crippen molar-refractivity contribution < 1.29 is 23.1 Å². The van der Waals surface area contributed by atoms with Gasteiger partial charge in [-0.1, -0.05) is 12.8 Å². The lowest BCUT2D eigenvalue weighted by molar-refractivity contribution is -0.130. The molecule has 2 saturated heterocycles. The quantitative estimate of drug-likeness (QED) is 0.861. The molecule has 1 unspecified atom stereocenters. The molecule has 3 aliphatic rings. The van der Waals surface area contributed by atoms with Crippen LogP contribution >= 0.6 is 0 Å². The van der Waals surface area contributed by atoms with Crippen LogP contribution in [0.25, 0.3) is 0 Å². The van der Waals surface area contributed by atoms with Gasteiger partial charge in [0.1, 0.15) is 11.6 Å². The maximum absolute atomic E-state index is 14.1. The number of hydrogen-bond acceptors (Lipinski definition) is 3. The summed E-state index contributed by atoms with van der Waals surface area (Å²) in [5.41, 5.74) is -0.493. The summed E-state index contributed by atoms with van der Waals surface area (Å²) in [6, 6.07) is 3.19. The molecule has 0 radical (unpaired) electrons. The van der Waals surface area contributed by atoms with E-state index in [2.05, 4.69) is 5.32 Å². The molecular weight excluding hydrogens is 366 g/mol. The number of amides is 2. The molecule has 28 heavy (non-hydrogen) atoms. The van der Waals surface area contributed by atoms with Crippen LogP contribution in [0.15, 0.2) is 18.2 Å². The Hall–Kier alpha value is -2.02. The average molecular weight is 392 g/mol. The molecule has 2 heterocycles. The van der Waals surface area contributed by atoms with Crippen LogP contribution in [0.4, 0.5) is 8.78 Å². The van der Waals surface area contributed by atoms with Crippen molar-refractivity contribution in [3.8, 4) is 0 Å². The van der Waals surface area contributed by atoms with Crippen molar-refractivity contribution in [3.05, 3.63) is 35.4 Å². The van der Waals surface area contributed by atoms with Crippen LogP contribution in [0.2, 0.25) is 0 Å². The first kappa shape index (κ1) is 19.3. The van der Waals surface area contributed by atoms with E-state index in [-0.39, 0.29) is 35.4 Å². The standard InChI is InChI=1S/C21H26F2N2O3/c22-14-5-6-16(18(23)11-14)20(27)25-12-17(19(26)24-15-3-1-2-4-15)21(13-25)7-9-28-10-8-21/h5-6,11,15,17H,1-4,7-10,12-13H2,(H,24,26). The number of halogens is 2. The molecule has 5 nitrogen and oxygen atoms in total. The number of carbonyl (C=O) groups is 2. The van der Waals surface area contributed by atoms with Crippen molar-refractivity contribution in [1.82, 2.24) is 10.2 Å². The van der Waals surface area contributed by atoms with Gasteiger partial charge in [-0.05, 0) is 37.8 Å². The molecule has 152 valence electrons. The fraction of sp³-hybridized carbons (Fsp3) is 0.619. The van der Waals surface area contributed by atoms with Gasteiger partial charge in [-0.3, -0.25) is 9.59 Å². The second-order valence-electron chi connectivity index (χ2n) is 8.33. The molecule has 1 aromatic carbocycles. The highest BCUT2D eigenvalue weighted by molar-refractivity contribution is 5.95. The SMILES string of the molecule is O=C(NC1CCCC1)C1CN(C(=O)c2ccc(F)cc2F)CC12CCOCC2. The summed E-state index contributed by atoms with van der Waals surface area (Å²) in [7, 11) is 0. The topological polar surface area (TPSA) is 58.6 Å². The van der Waals surface area contributed by atoms with Crippen molar-refractivity contribution in [2.24, 2.45) is 11.3 Å². The van der Waals surface area contributed by atoms with Crippen LogP contribution in [-0.2, 0) is 9.53 Å². The number of hydrogen-bond donors (Lipinski definition) is 1. The Labute approximate surface area is 163 Å². The van der Waals surface area contributed by atoms with E-state index in [0.29, 0.717) is 32.6 Å². The van der Waals surface area contributed by atoms with E-state index in [1.54, 1.807) is 4.90 Å². The van der Waals surface area contributed by atoms with Crippen LogP contribution in [0.1, 0.15) is 48.9 Å². The Bertz CT molecular complexity index is 758. The number of ether oxygens (including phenoxy) is 1. The third-order valence-electron chi connectivity index (χ3n) is 6.60. The van der Waals surface area contributed by atoms with Gasteiger partial charge >= 0.3 is 0 Å². The summed E-state index contributed by atoms with van der Waals surface area (Å²) in [5.74, 6) is -2.41. The number of likely N-dealkylation sites (tertiary alicyclic amines) is 1. The van der Waals surface area contributed by atoms with Crippen molar-refractivity contribution >= 4 is 11.8 Å². The Morgan fingerprint density at radius 2 is 1.86 bits per heavy atom. The summed E-state index contributed by atoms with van der Waals surface area (Å²) in [6.45, 7) is 1.77. The number of nitrogens with zero attached hydrogens (tertiary/aromatic N) is 1. The highest BCUT2D eigenvalue weighted by Gasteiger charge is 2.52. The molecule has 7 heteroatoms. The number of carbonyl (C=O) groups excluding carboxylic acids is 2. The second-order valence-corrected chi connectivity index (χ2v) is 8.33. The van der Waals surface area contributed by atoms with E-state index in [9.17, 15) is 18.4 Å². The van der Waals surface area contributed by atoms with Crippen LogP contribution in [0.3, 0.4) is 0 Å². The van der Waals surface area contributed by atoms with E-state index in [4.69, 9.17) is 4.74 Å². The molecule has 2 amide bonds. The maximum Gasteiger partial charge on any atom is 0.256 e. The fourth-order valence-electron chi connectivity index (χ4n) is 4.97. The molecule has 1 aromatic rings. The van der Waals surface area contributed by atoms with Gasteiger partial charge < -0.3 is 15.0 Å². The molecule has 0 aromatic heterocycles. The molecule has 1 atom stereocenters. The summed E-state index contributed by atoms with van der Waals surface area (Å²) < 4.78 is 32.8. The lowest BCUT2D eigenvalue weighted by Crippen LogP contribution is -2.46. The largest absolute Gasteiger partial charge is 0.381 e. The monoisotopic (exact) mass is 392 g/mol. The molecule has 1 aliphatic carbocycles. The first-order chi connectivity index (χ1) is 13.5. The predicted molar refractivity (Wildman–Crippen MR) is 98.6 cm³/mol. The van der Waals surface area contributed by atoms with Gasteiger partial charge in [0.25, 0.3) is 5.91 Å². The molecule has 3 fully saturated rings. The summed E-state index contributed by atoms with van der Waals surface area (Å²) in [4.78, 5) is 27.6. The number of rotatable bonds is 3. The highest BCUT2D eigenvalue weighted by atomic mass is 19.1. The summed E-state index contributed by atoms with van der Waals surface area (Å²) in [5, 5.41) is 3.17.